The Kier molecular flexibility index (Phi) is 5.66. The molecule has 0 amide bonds. The predicted octanol–water partition coefficient (Wildman–Crippen LogP) is 4.89. The van der Waals surface area contributed by atoms with Gasteiger partial charge >= 0.3 is 0 Å². The Hall–Kier alpha value is -1.69. The van der Waals surface area contributed by atoms with Crippen LogP contribution in [-0.4, -0.2) is 28.2 Å². The molecule has 0 aliphatic heterocycles. The SMILES string of the molecule is Cc1nc(NCCCCCO)c2c(-c3ccc(Cl)cc3)csc2n1. The van der Waals surface area contributed by atoms with Crippen LogP contribution in [0.1, 0.15) is 25.1 Å². The van der Waals surface area contributed by atoms with Gasteiger partial charge in [-0.3, -0.25) is 0 Å². The summed E-state index contributed by atoms with van der Waals surface area (Å²) >= 11 is 7.63. The van der Waals surface area contributed by atoms with Crippen molar-refractivity contribution in [3.05, 3.63) is 40.5 Å². The number of rotatable bonds is 7. The standard InChI is InChI=1S/C18H20ClN3OS/c1-12-21-17(20-9-3-2-4-10-23)16-15(11-24-18(16)22-12)13-5-7-14(19)8-6-13/h5-8,11,23H,2-4,9-10H2,1H3,(H,20,21,22). The van der Waals surface area contributed by atoms with Crippen LogP contribution in [-0.2, 0) is 0 Å². The summed E-state index contributed by atoms with van der Waals surface area (Å²) in [4.78, 5) is 10.2. The normalized spacial score (nSPS) is 11.1. The van der Waals surface area contributed by atoms with Gasteiger partial charge in [-0.2, -0.15) is 0 Å². The number of halogens is 1. The van der Waals surface area contributed by atoms with Gasteiger partial charge in [0.2, 0.25) is 0 Å². The number of anilines is 1. The summed E-state index contributed by atoms with van der Waals surface area (Å²) in [5.41, 5.74) is 2.24. The molecule has 126 valence electrons. The number of fused-ring (bicyclic) bond motifs is 1. The highest BCUT2D eigenvalue weighted by Crippen LogP contribution is 2.37. The van der Waals surface area contributed by atoms with E-state index in [-0.39, 0.29) is 6.61 Å². The van der Waals surface area contributed by atoms with Gasteiger partial charge in [0.05, 0.1) is 5.39 Å². The van der Waals surface area contributed by atoms with Gasteiger partial charge < -0.3 is 10.4 Å². The van der Waals surface area contributed by atoms with Gasteiger partial charge in [-0.25, -0.2) is 9.97 Å². The number of aliphatic hydroxyl groups excluding tert-OH is 1. The Labute approximate surface area is 150 Å². The third kappa shape index (κ3) is 3.86. The molecule has 0 aliphatic carbocycles. The van der Waals surface area contributed by atoms with E-state index in [4.69, 9.17) is 16.7 Å². The monoisotopic (exact) mass is 361 g/mol. The minimum atomic E-state index is 0.252. The zero-order valence-electron chi connectivity index (χ0n) is 13.6. The summed E-state index contributed by atoms with van der Waals surface area (Å²) in [5, 5.41) is 16.2. The molecule has 2 heterocycles. The molecule has 3 rings (SSSR count). The first kappa shape index (κ1) is 17.1. The maximum Gasteiger partial charge on any atom is 0.139 e. The second kappa shape index (κ2) is 7.92. The number of benzene rings is 1. The van der Waals surface area contributed by atoms with Crippen LogP contribution in [0.4, 0.5) is 5.82 Å². The molecular formula is C18H20ClN3OS. The summed E-state index contributed by atoms with van der Waals surface area (Å²) in [6, 6.07) is 7.85. The Bertz CT molecular complexity index is 817. The smallest absolute Gasteiger partial charge is 0.139 e. The first-order valence-electron chi connectivity index (χ1n) is 8.05. The first-order valence-corrected chi connectivity index (χ1v) is 9.31. The molecule has 0 spiro atoms. The second-order valence-electron chi connectivity index (χ2n) is 5.67. The Morgan fingerprint density at radius 1 is 1.12 bits per heavy atom. The number of aromatic nitrogens is 2. The zero-order chi connectivity index (χ0) is 16.9. The molecule has 0 atom stereocenters. The van der Waals surface area contributed by atoms with E-state index < -0.39 is 0 Å². The van der Waals surface area contributed by atoms with Crippen molar-refractivity contribution >= 4 is 39.0 Å². The van der Waals surface area contributed by atoms with E-state index in [1.54, 1.807) is 11.3 Å². The van der Waals surface area contributed by atoms with Gasteiger partial charge in [-0.15, -0.1) is 11.3 Å². The van der Waals surface area contributed by atoms with E-state index in [9.17, 15) is 0 Å². The van der Waals surface area contributed by atoms with E-state index in [1.807, 2.05) is 31.2 Å². The summed E-state index contributed by atoms with van der Waals surface area (Å²) < 4.78 is 0. The van der Waals surface area contributed by atoms with E-state index in [0.29, 0.717) is 0 Å². The molecular weight excluding hydrogens is 342 g/mol. The predicted molar refractivity (Wildman–Crippen MR) is 102 cm³/mol. The minimum Gasteiger partial charge on any atom is -0.396 e. The van der Waals surface area contributed by atoms with Gasteiger partial charge in [-0.1, -0.05) is 23.7 Å². The lowest BCUT2D eigenvalue weighted by molar-refractivity contribution is 0.283. The fourth-order valence-electron chi connectivity index (χ4n) is 2.64. The van der Waals surface area contributed by atoms with E-state index in [0.717, 1.165) is 63.8 Å². The fraction of sp³-hybridized carbons (Fsp3) is 0.333. The quantitative estimate of drug-likeness (QED) is 0.588. The highest BCUT2D eigenvalue weighted by atomic mass is 35.5. The van der Waals surface area contributed by atoms with Crippen LogP contribution in [0.2, 0.25) is 5.02 Å². The molecule has 0 aliphatic rings. The Balaban J connectivity index is 1.92. The number of thiophene rings is 1. The van der Waals surface area contributed by atoms with Gasteiger partial charge in [0.15, 0.2) is 0 Å². The molecule has 2 N–H and O–H groups in total. The summed E-state index contributed by atoms with van der Waals surface area (Å²) in [7, 11) is 0. The largest absolute Gasteiger partial charge is 0.396 e. The second-order valence-corrected chi connectivity index (χ2v) is 6.96. The first-order chi connectivity index (χ1) is 11.7. The molecule has 24 heavy (non-hydrogen) atoms. The number of nitrogens with zero attached hydrogens (tertiary/aromatic N) is 2. The van der Waals surface area contributed by atoms with Crippen molar-refractivity contribution in [2.24, 2.45) is 0 Å². The fourth-order valence-corrected chi connectivity index (χ4v) is 3.76. The molecule has 0 fully saturated rings. The summed E-state index contributed by atoms with van der Waals surface area (Å²) in [6.07, 6.45) is 2.85. The maximum atomic E-state index is 8.87. The van der Waals surface area contributed by atoms with Crippen molar-refractivity contribution in [2.45, 2.75) is 26.2 Å². The summed E-state index contributed by atoms with van der Waals surface area (Å²) in [6.45, 7) is 3.00. The van der Waals surface area contributed by atoms with Crippen molar-refractivity contribution in [1.29, 1.82) is 0 Å². The highest BCUT2D eigenvalue weighted by Gasteiger charge is 2.14. The lowest BCUT2D eigenvalue weighted by Gasteiger charge is -2.09. The van der Waals surface area contributed by atoms with E-state index in [2.05, 4.69) is 20.7 Å². The molecule has 6 heteroatoms. The van der Waals surface area contributed by atoms with Crippen molar-refractivity contribution in [2.75, 3.05) is 18.5 Å². The minimum absolute atomic E-state index is 0.252. The number of unbranched alkanes of at least 4 members (excludes halogenated alkanes) is 2. The average Bonchev–Trinajstić information content (AvgIpc) is 2.99. The molecule has 0 saturated carbocycles. The van der Waals surface area contributed by atoms with Crippen molar-refractivity contribution in [1.82, 2.24) is 9.97 Å². The lowest BCUT2D eigenvalue weighted by Crippen LogP contribution is -2.05. The van der Waals surface area contributed by atoms with Crippen LogP contribution < -0.4 is 5.32 Å². The molecule has 0 saturated heterocycles. The van der Waals surface area contributed by atoms with Crippen LogP contribution >= 0.6 is 22.9 Å². The van der Waals surface area contributed by atoms with Gasteiger partial charge in [0, 0.05) is 29.1 Å². The molecule has 1 aromatic carbocycles. The van der Waals surface area contributed by atoms with E-state index >= 15 is 0 Å². The number of aliphatic hydroxyl groups is 1. The molecule has 0 unspecified atom stereocenters. The van der Waals surface area contributed by atoms with Crippen molar-refractivity contribution in [3.8, 4) is 11.1 Å². The van der Waals surface area contributed by atoms with Crippen molar-refractivity contribution < 1.29 is 5.11 Å². The average molecular weight is 362 g/mol. The van der Waals surface area contributed by atoms with Crippen LogP contribution in [0, 0.1) is 6.92 Å². The number of hydrogen-bond donors (Lipinski definition) is 2. The van der Waals surface area contributed by atoms with Crippen LogP contribution in [0.15, 0.2) is 29.6 Å². The number of nitrogens with one attached hydrogen (secondary N) is 1. The number of aryl methyl sites for hydroxylation is 1. The van der Waals surface area contributed by atoms with E-state index in [1.165, 1.54) is 0 Å². The molecule has 0 radical (unpaired) electrons. The summed E-state index contributed by atoms with van der Waals surface area (Å²) in [5.74, 6) is 1.65. The zero-order valence-corrected chi connectivity index (χ0v) is 15.1. The molecule has 4 nitrogen and oxygen atoms in total. The van der Waals surface area contributed by atoms with Gasteiger partial charge in [0.25, 0.3) is 0 Å². The van der Waals surface area contributed by atoms with Crippen LogP contribution in [0.5, 0.6) is 0 Å². The van der Waals surface area contributed by atoms with Gasteiger partial charge in [0.1, 0.15) is 16.5 Å². The molecule has 0 bridgehead atoms. The van der Waals surface area contributed by atoms with Crippen LogP contribution in [0.3, 0.4) is 0 Å². The third-order valence-corrected chi connectivity index (χ3v) is 4.95. The third-order valence-electron chi connectivity index (χ3n) is 3.83. The molecule has 3 aromatic rings. The Morgan fingerprint density at radius 2 is 1.92 bits per heavy atom. The number of hydrogen-bond acceptors (Lipinski definition) is 5. The highest BCUT2D eigenvalue weighted by molar-refractivity contribution is 7.17. The van der Waals surface area contributed by atoms with Crippen LogP contribution in [0.25, 0.3) is 21.3 Å². The van der Waals surface area contributed by atoms with Crippen molar-refractivity contribution in [3.63, 3.8) is 0 Å². The maximum absolute atomic E-state index is 8.87. The van der Waals surface area contributed by atoms with Gasteiger partial charge in [-0.05, 0) is 43.9 Å². The Morgan fingerprint density at radius 3 is 2.67 bits per heavy atom. The lowest BCUT2D eigenvalue weighted by atomic mass is 10.1. The topological polar surface area (TPSA) is 58.0 Å². The molecule has 2 aromatic heterocycles.